The fourth-order valence-corrected chi connectivity index (χ4v) is 3.57. The van der Waals surface area contributed by atoms with Crippen LogP contribution >= 0.6 is 22.9 Å². The molecular formula is C17H13ClN2O4S. The van der Waals surface area contributed by atoms with Crippen LogP contribution in [0.1, 0.15) is 27.6 Å². The second-order valence-corrected chi connectivity index (χ2v) is 6.93. The van der Waals surface area contributed by atoms with Gasteiger partial charge in [-0.05, 0) is 29.1 Å². The molecule has 6 nitrogen and oxygen atoms in total. The van der Waals surface area contributed by atoms with Crippen LogP contribution in [0.5, 0.6) is 0 Å². The molecule has 1 aromatic carbocycles. The van der Waals surface area contributed by atoms with Crippen molar-refractivity contribution in [1.29, 1.82) is 0 Å². The van der Waals surface area contributed by atoms with Crippen LogP contribution in [0.15, 0.2) is 41.8 Å². The Morgan fingerprint density at radius 1 is 1.08 bits per heavy atom. The third-order valence-corrected chi connectivity index (χ3v) is 5.10. The summed E-state index contributed by atoms with van der Waals surface area (Å²) in [6.45, 7) is 0. The Hall–Kier alpha value is -2.51. The molecule has 1 aromatic heterocycles. The lowest BCUT2D eigenvalue weighted by molar-refractivity contribution is -0.136. The highest BCUT2D eigenvalue weighted by atomic mass is 35.5. The van der Waals surface area contributed by atoms with Crippen LogP contribution in [-0.4, -0.2) is 23.6 Å². The van der Waals surface area contributed by atoms with Gasteiger partial charge in [0.2, 0.25) is 11.8 Å². The molecule has 0 aliphatic carbocycles. The van der Waals surface area contributed by atoms with Gasteiger partial charge in [-0.1, -0.05) is 29.8 Å². The molecule has 1 aliphatic rings. The van der Waals surface area contributed by atoms with Crippen LogP contribution in [0.3, 0.4) is 0 Å². The minimum Gasteiger partial charge on any atom is -0.293 e. The standard InChI is InChI=1S/C17H13ClN2O4S/c18-10-5-3-9(4-6-10)11(8-12(21)13-2-1-7-25-13)14-15(22)19-17(24)20-16(14)23/h1-7,11,14H,8H2,(H2,19,20,22,23,24)/t11-/m0/s1. The number of carbonyl (C=O) groups excluding carboxylic acids is 4. The topological polar surface area (TPSA) is 92.3 Å². The van der Waals surface area contributed by atoms with Gasteiger partial charge in [-0.2, -0.15) is 0 Å². The normalized spacial score (nSPS) is 16.3. The van der Waals surface area contributed by atoms with Crippen molar-refractivity contribution in [3.63, 3.8) is 0 Å². The molecule has 0 saturated carbocycles. The first-order chi connectivity index (χ1) is 12.0. The number of benzene rings is 1. The Labute approximate surface area is 152 Å². The molecule has 1 saturated heterocycles. The van der Waals surface area contributed by atoms with E-state index in [2.05, 4.69) is 10.6 Å². The minimum absolute atomic E-state index is 0.0398. The van der Waals surface area contributed by atoms with Gasteiger partial charge in [0, 0.05) is 17.4 Å². The molecule has 2 heterocycles. The van der Waals surface area contributed by atoms with E-state index in [1.807, 2.05) is 0 Å². The van der Waals surface area contributed by atoms with Gasteiger partial charge >= 0.3 is 6.03 Å². The van der Waals surface area contributed by atoms with E-state index in [0.29, 0.717) is 15.5 Å². The quantitative estimate of drug-likeness (QED) is 0.620. The van der Waals surface area contributed by atoms with Crippen molar-refractivity contribution in [2.45, 2.75) is 12.3 Å². The zero-order valence-corrected chi connectivity index (χ0v) is 14.4. The SMILES string of the molecule is O=C1NC(=O)C([C@@H](CC(=O)c2cccs2)c2ccc(Cl)cc2)C(=O)N1. The Morgan fingerprint density at radius 2 is 1.72 bits per heavy atom. The Bertz CT molecular complexity index is 813. The highest BCUT2D eigenvalue weighted by molar-refractivity contribution is 7.12. The highest BCUT2D eigenvalue weighted by Crippen LogP contribution is 2.32. The van der Waals surface area contributed by atoms with E-state index in [1.165, 1.54) is 11.3 Å². The molecule has 0 bridgehead atoms. The van der Waals surface area contributed by atoms with Gasteiger partial charge in [-0.3, -0.25) is 25.0 Å². The number of amides is 4. The maximum absolute atomic E-state index is 12.5. The van der Waals surface area contributed by atoms with Gasteiger partial charge in [0.25, 0.3) is 0 Å². The Kier molecular flexibility index (Phi) is 4.96. The second kappa shape index (κ2) is 7.16. The average Bonchev–Trinajstić information content (AvgIpc) is 3.08. The van der Waals surface area contributed by atoms with Gasteiger partial charge in [0.05, 0.1) is 4.88 Å². The van der Waals surface area contributed by atoms with Crippen LogP contribution in [0.25, 0.3) is 0 Å². The first-order valence-electron chi connectivity index (χ1n) is 7.43. The van der Waals surface area contributed by atoms with Crippen molar-refractivity contribution in [2.24, 2.45) is 5.92 Å². The fraction of sp³-hybridized carbons (Fsp3) is 0.176. The zero-order valence-electron chi connectivity index (χ0n) is 12.8. The predicted octanol–water partition coefficient (Wildman–Crippen LogP) is 2.74. The monoisotopic (exact) mass is 376 g/mol. The van der Waals surface area contributed by atoms with Crippen molar-refractivity contribution >= 4 is 46.6 Å². The number of ketones is 1. The lowest BCUT2D eigenvalue weighted by atomic mass is 9.80. The zero-order chi connectivity index (χ0) is 18.0. The van der Waals surface area contributed by atoms with E-state index in [4.69, 9.17) is 11.6 Å². The largest absolute Gasteiger partial charge is 0.328 e. The number of hydrogen-bond donors (Lipinski definition) is 2. The van der Waals surface area contributed by atoms with Gasteiger partial charge < -0.3 is 0 Å². The summed E-state index contributed by atoms with van der Waals surface area (Å²) in [6.07, 6.45) is -0.0398. The summed E-state index contributed by atoms with van der Waals surface area (Å²) in [4.78, 5) is 48.8. The molecule has 1 aliphatic heterocycles. The molecule has 2 N–H and O–H groups in total. The number of nitrogens with one attached hydrogen (secondary N) is 2. The van der Waals surface area contributed by atoms with E-state index in [-0.39, 0.29) is 12.2 Å². The molecule has 25 heavy (non-hydrogen) atoms. The lowest BCUT2D eigenvalue weighted by Crippen LogP contribution is -2.57. The third kappa shape index (κ3) is 3.78. The highest BCUT2D eigenvalue weighted by Gasteiger charge is 2.41. The lowest BCUT2D eigenvalue weighted by Gasteiger charge is -2.28. The summed E-state index contributed by atoms with van der Waals surface area (Å²) in [6, 6.07) is 9.19. The minimum atomic E-state index is -1.18. The second-order valence-electron chi connectivity index (χ2n) is 5.55. The van der Waals surface area contributed by atoms with Crippen LogP contribution in [0.4, 0.5) is 4.79 Å². The summed E-state index contributed by atoms with van der Waals surface area (Å²) in [7, 11) is 0. The van der Waals surface area contributed by atoms with Gasteiger partial charge in [0.15, 0.2) is 5.78 Å². The molecule has 1 atom stereocenters. The predicted molar refractivity (Wildman–Crippen MR) is 92.6 cm³/mol. The maximum atomic E-state index is 12.5. The molecular weight excluding hydrogens is 364 g/mol. The number of thiophene rings is 1. The van der Waals surface area contributed by atoms with Crippen molar-refractivity contribution in [3.8, 4) is 0 Å². The number of imide groups is 2. The third-order valence-electron chi connectivity index (χ3n) is 3.94. The molecule has 128 valence electrons. The summed E-state index contributed by atoms with van der Waals surface area (Å²) in [5.74, 6) is -3.49. The molecule has 2 aromatic rings. The van der Waals surface area contributed by atoms with E-state index >= 15 is 0 Å². The van der Waals surface area contributed by atoms with Gasteiger partial charge in [0.1, 0.15) is 5.92 Å². The fourth-order valence-electron chi connectivity index (χ4n) is 2.77. The smallest absolute Gasteiger partial charge is 0.293 e. The number of barbiturate groups is 1. The first kappa shape index (κ1) is 17.3. The summed E-state index contributed by atoms with van der Waals surface area (Å²) >= 11 is 7.19. The number of carbonyl (C=O) groups is 4. The average molecular weight is 377 g/mol. The first-order valence-corrected chi connectivity index (χ1v) is 8.69. The van der Waals surface area contributed by atoms with Crippen molar-refractivity contribution in [3.05, 3.63) is 57.2 Å². The van der Waals surface area contributed by atoms with Crippen LogP contribution < -0.4 is 10.6 Å². The molecule has 3 rings (SSSR count). The number of halogens is 1. The molecule has 0 unspecified atom stereocenters. The van der Waals surface area contributed by atoms with E-state index in [9.17, 15) is 19.2 Å². The molecule has 4 amide bonds. The number of urea groups is 1. The van der Waals surface area contributed by atoms with Crippen molar-refractivity contribution < 1.29 is 19.2 Å². The molecule has 0 spiro atoms. The summed E-state index contributed by atoms with van der Waals surface area (Å²) < 4.78 is 0. The van der Waals surface area contributed by atoms with Crippen molar-refractivity contribution in [2.75, 3.05) is 0 Å². The van der Waals surface area contributed by atoms with E-state index in [1.54, 1.807) is 41.8 Å². The molecule has 0 radical (unpaired) electrons. The maximum Gasteiger partial charge on any atom is 0.328 e. The van der Waals surface area contributed by atoms with Crippen molar-refractivity contribution in [1.82, 2.24) is 10.6 Å². The Morgan fingerprint density at radius 3 is 2.28 bits per heavy atom. The van der Waals surface area contributed by atoms with Crippen LogP contribution in [0, 0.1) is 5.92 Å². The number of Topliss-reactive ketones (excluding diaryl/α,β-unsaturated/α-hetero) is 1. The van der Waals surface area contributed by atoms with E-state index < -0.39 is 29.7 Å². The van der Waals surface area contributed by atoms with Gasteiger partial charge in [-0.15, -0.1) is 11.3 Å². The molecule has 1 fully saturated rings. The summed E-state index contributed by atoms with van der Waals surface area (Å²) in [5.41, 5.74) is 0.624. The van der Waals surface area contributed by atoms with Crippen LogP contribution in [0.2, 0.25) is 5.02 Å². The number of rotatable bonds is 5. The van der Waals surface area contributed by atoms with E-state index in [0.717, 1.165) is 0 Å². The number of hydrogen-bond acceptors (Lipinski definition) is 5. The van der Waals surface area contributed by atoms with Crippen LogP contribution in [-0.2, 0) is 9.59 Å². The summed E-state index contributed by atoms with van der Waals surface area (Å²) in [5, 5.41) is 6.45. The molecule has 8 heteroatoms. The van der Waals surface area contributed by atoms with Gasteiger partial charge in [-0.25, -0.2) is 4.79 Å². The Balaban J connectivity index is 1.95.